The first-order valence-electron chi connectivity index (χ1n) is 8.93. The molecule has 0 aromatic rings. The van der Waals surface area contributed by atoms with Crippen molar-refractivity contribution in [3.8, 4) is 0 Å². The highest BCUT2D eigenvalue weighted by atomic mass is 31.1. The Balaban J connectivity index is 3.63. The summed E-state index contributed by atoms with van der Waals surface area (Å²) in [6, 6.07) is 0. The van der Waals surface area contributed by atoms with E-state index in [1.165, 1.54) is 70.4 Å². The molecular formula is C18H39P. The highest BCUT2D eigenvalue weighted by molar-refractivity contribution is 7.57. The average Bonchev–Trinajstić information content (AvgIpc) is 2.37. The fourth-order valence-corrected chi connectivity index (χ4v) is 5.65. The molecule has 0 aromatic heterocycles. The quantitative estimate of drug-likeness (QED) is 0.237. The van der Waals surface area contributed by atoms with Crippen LogP contribution in [0.3, 0.4) is 0 Å². The van der Waals surface area contributed by atoms with Crippen LogP contribution in [0.1, 0.15) is 91.9 Å². The Morgan fingerprint density at radius 1 is 0.632 bits per heavy atom. The van der Waals surface area contributed by atoms with E-state index in [2.05, 4.69) is 27.7 Å². The molecule has 0 N–H and O–H groups in total. The van der Waals surface area contributed by atoms with Gasteiger partial charge in [-0.05, 0) is 37.2 Å². The Morgan fingerprint density at radius 2 is 1.05 bits per heavy atom. The summed E-state index contributed by atoms with van der Waals surface area (Å²) in [5.74, 6) is 0.914. The second kappa shape index (κ2) is 14.8. The molecule has 0 aliphatic carbocycles. The minimum atomic E-state index is 0.358. The summed E-state index contributed by atoms with van der Waals surface area (Å²) >= 11 is 0. The third-order valence-corrected chi connectivity index (χ3v) is 6.92. The van der Waals surface area contributed by atoms with Crippen molar-refractivity contribution in [3.05, 3.63) is 0 Å². The second-order valence-electron chi connectivity index (χ2n) is 6.52. The molecule has 0 unspecified atom stereocenters. The maximum atomic E-state index is 2.41. The van der Waals surface area contributed by atoms with Crippen LogP contribution in [-0.4, -0.2) is 18.5 Å². The Hall–Kier alpha value is 0.430. The highest BCUT2D eigenvalue weighted by Gasteiger charge is 2.09. The van der Waals surface area contributed by atoms with Crippen LogP contribution in [0.4, 0.5) is 0 Å². The molecule has 0 amide bonds. The molecule has 0 heterocycles. The van der Waals surface area contributed by atoms with E-state index < -0.39 is 0 Å². The van der Waals surface area contributed by atoms with Crippen LogP contribution in [0.15, 0.2) is 0 Å². The Morgan fingerprint density at radius 3 is 1.42 bits per heavy atom. The van der Waals surface area contributed by atoms with Gasteiger partial charge in [-0.1, -0.05) is 79.1 Å². The molecule has 0 saturated carbocycles. The molecule has 0 saturated heterocycles. The molecule has 0 rings (SSSR count). The maximum absolute atomic E-state index is 2.41. The minimum absolute atomic E-state index is 0.358. The molecule has 0 spiro atoms. The van der Waals surface area contributed by atoms with Gasteiger partial charge in [-0.3, -0.25) is 0 Å². The summed E-state index contributed by atoms with van der Waals surface area (Å²) < 4.78 is 0. The van der Waals surface area contributed by atoms with Crippen LogP contribution in [0.25, 0.3) is 0 Å². The standard InChI is InChI=1S/C18H39P/c1-5-7-9-11-13-15-19(17-18(3)4)16-14-12-10-8-6-2/h18H,5-17H2,1-4H3. The summed E-state index contributed by atoms with van der Waals surface area (Å²) in [7, 11) is 0.358. The lowest BCUT2D eigenvalue weighted by molar-refractivity contribution is 0.649. The van der Waals surface area contributed by atoms with Crippen molar-refractivity contribution in [2.75, 3.05) is 18.5 Å². The van der Waals surface area contributed by atoms with Gasteiger partial charge in [-0.2, -0.15) is 0 Å². The molecule has 0 fully saturated rings. The first kappa shape index (κ1) is 19.4. The summed E-state index contributed by atoms with van der Waals surface area (Å²) in [6.45, 7) is 9.43. The monoisotopic (exact) mass is 286 g/mol. The fraction of sp³-hybridized carbons (Fsp3) is 1.00. The predicted octanol–water partition coefficient (Wildman–Crippen LogP) is 7.07. The average molecular weight is 286 g/mol. The van der Waals surface area contributed by atoms with Crippen LogP contribution in [0.2, 0.25) is 0 Å². The van der Waals surface area contributed by atoms with Gasteiger partial charge in [0, 0.05) is 0 Å². The largest absolute Gasteiger partial charge is 0.106 e. The Bertz CT molecular complexity index is 151. The van der Waals surface area contributed by atoms with Crippen molar-refractivity contribution in [1.82, 2.24) is 0 Å². The van der Waals surface area contributed by atoms with E-state index in [1.807, 2.05) is 0 Å². The van der Waals surface area contributed by atoms with Crippen LogP contribution < -0.4 is 0 Å². The molecule has 0 aliphatic heterocycles. The number of rotatable bonds is 14. The molecule has 0 atom stereocenters. The molecule has 19 heavy (non-hydrogen) atoms. The first-order valence-corrected chi connectivity index (χ1v) is 10.8. The molecule has 0 aliphatic rings. The zero-order valence-corrected chi connectivity index (χ0v) is 15.1. The molecule has 0 bridgehead atoms. The van der Waals surface area contributed by atoms with E-state index in [1.54, 1.807) is 12.3 Å². The van der Waals surface area contributed by atoms with E-state index >= 15 is 0 Å². The van der Waals surface area contributed by atoms with Crippen molar-refractivity contribution < 1.29 is 0 Å². The summed E-state index contributed by atoms with van der Waals surface area (Å²) in [4.78, 5) is 0. The third kappa shape index (κ3) is 14.6. The van der Waals surface area contributed by atoms with Crippen LogP contribution in [0, 0.1) is 5.92 Å². The normalized spacial score (nSPS) is 11.7. The van der Waals surface area contributed by atoms with Gasteiger partial charge >= 0.3 is 0 Å². The smallest absolute Gasteiger partial charge is 0.0303 e. The first-order chi connectivity index (χ1) is 9.20. The van der Waals surface area contributed by atoms with Gasteiger partial charge in [0.05, 0.1) is 0 Å². The van der Waals surface area contributed by atoms with Crippen LogP contribution in [0.5, 0.6) is 0 Å². The van der Waals surface area contributed by atoms with Gasteiger partial charge < -0.3 is 0 Å². The van der Waals surface area contributed by atoms with E-state index in [0.29, 0.717) is 7.92 Å². The molecular weight excluding hydrogens is 247 g/mol. The van der Waals surface area contributed by atoms with Crippen molar-refractivity contribution in [3.63, 3.8) is 0 Å². The van der Waals surface area contributed by atoms with Crippen molar-refractivity contribution in [2.45, 2.75) is 91.9 Å². The Kier molecular flexibility index (Phi) is 15.2. The van der Waals surface area contributed by atoms with Gasteiger partial charge in [0.2, 0.25) is 0 Å². The van der Waals surface area contributed by atoms with Crippen molar-refractivity contribution >= 4 is 7.92 Å². The summed E-state index contributed by atoms with van der Waals surface area (Å²) in [6.07, 6.45) is 19.2. The van der Waals surface area contributed by atoms with Crippen molar-refractivity contribution in [1.29, 1.82) is 0 Å². The lowest BCUT2D eigenvalue weighted by atomic mass is 10.2. The van der Waals surface area contributed by atoms with E-state index in [9.17, 15) is 0 Å². The van der Waals surface area contributed by atoms with Gasteiger partial charge in [0.15, 0.2) is 0 Å². The zero-order chi connectivity index (χ0) is 14.3. The molecule has 0 aromatic carbocycles. The third-order valence-electron chi connectivity index (χ3n) is 3.78. The second-order valence-corrected chi connectivity index (χ2v) is 9.12. The molecule has 1 heteroatoms. The molecule has 0 radical (unpaired) electrons. The van der Waals surface area contributed by atoms with Crippen LogP contribution in [-0.2, 0) is 0 Å². The SMILES string of the molecule is CCCCCCCP(CCCCCCC)CC(C)C. The lowest BCUT2D eigenvalue weighted by Crippen LogP contribution is -2.01. The topological polar surface area (TPSA) is 0 Å². The number of hydrogen-bond donors (Lipinski definition) is 0. The van der Waals surface area contributed by atoms with Gasteiger partial charge in [-0.15, -0.1) is 7.92 Å². The number of unbranched alkanes of at least 4 members (excludes halogenated alkanes) is 8. The zero-order valence-electron chi connectivity index (χ0n) is 14.2. The predicted molar refractivity (Wildman–Crippen MR) is 93.9 cm³/mol. The van der Waals surface area contributed by atoms with Gasteiger partial charge in [0.1, 0.15) is 0 Å². The molecule has 116 valence electrons. The maximum Gasteiger partial charge on any atom is -0.0303 e. The van der Waals surface area contributed by atoms with E-state index in [0.717, 1.165) is 5.92 Å². The Labute approximate surface area is 124 Å². The van der Waals surface area contributed by atoms with Gasteiger partial charge in [-0.25, -0.2) is 0 Å². The highest BCUT2D eigenvalue weighted by Crippen LogP contribution is 2.40. The summed E-state index contributed by atoms with van der Waals surface area (Å²) in [5, 5.41) is 0. The van der Waals surface area contributed by atoms with E-state index in [-0.39, 0.29) is 0 Å². The fourth-order valence-electron chi connectivity index (χ4n) is 2.69. The summed E-state index contributed by atoms with van der Waals surface area (Å²) in [5.41, 5.74) is 0. The van der Waals surface area contributed by atoms with Gasteiger partial charge in [0.25, 0.3) is 0 Å². The minimum Gasteiger partial charge on any atom is -0.106 e. The van der Waals surface area contributed by atoms with Crippen LogP contribution >= 0.6 is 7.92 Å². The number of hydrogen-bond acceptors (Lipinski definition) is 0. The molecule has 0 nitrogen and oxygen atoms in total. The van der Waals surface area contributed by atoms with Crippen molar-refractivity contribution in [2.24, 2.45) is 5.92 Å². The van der Waals surface area contributed by atoms with E-state index in [4.69, 9.17) is 0 Å². The lowest BCUT2D eigenvalue weighted by Gasteiger charge is -2.20.